The number of halogens is 1. The molecule has 68 valence electrons. The van der Waals surface area contributed by atoms with Crippen LogP contribution in [0.4, 0.5) is 0 Å². The molecule has 0 fully saturated rings. The van der Waals surface area contributed by atoms with E-state index in [1.54, 1.807) is 24.3 Å². The standard InChI is InChI=1S/C9H7ClO3/c10-7-4-2-1-3-6(7)5-8(11)9(12)13/h1-5,11H,(H,12,13)/b8-5-. The van der Waals surface area contributed by atoms with Crippen LogP contribution in [-0.2, 0) is 4.79 Å². The van der Waals surface area contributed by atoms with Gasteiger partial charge in [-0.1, -0.05) is 29.8 Å². The van der Waals surface area contributed by atoms with Gasteiger partial charge in [0.2, 0.25) is 5.76 Å². The first kappa shape index (κ1) is 9.61. The van der Waals surface area contributed by atoms with E-state index in [0.717, 1.165) is 6.08 Å². The summed E-state index contributed by atoms with van der Waals surface area (Å²) < 4.78 is 0. The van der Waals surface area contributed by atoms with E-state index in [1.807, 2.05) is 0 Å². The molecule has 0 saturated heterocycles. The fourth-order valence-electron chi connectivity index (χ4n) is 0.801. The molecule has 3 nitrogen and oxygen atoms in total. The highest BCUT2D eigenvalue weighted by Crippen LogP contribution is 2.17. The molecule has 0 saturated carbocycles. The summed E-state index contributed by atoms with van der Waals surface area (Å²) in [5.41, 5.74) is 0.476. The minimum absolute atomic E-state index is 0.398. The zero-order chi connectivity index (χ0) is 9.84. The Morgan fingerprint density at radius 1 is 1.31 bits per heavy atom. The quantitative estimate of drug-likeness (QED) is 0.567. The molecular weight excluding hydrogens is 192 g/mol. The molecule has 0 aromatic heterocycles. The van der Waals surface area contributed by atoms with Gasteiger partial charge in [0.15, 0.2) is 0 Å². The number of rotatable bonds is 2. The van der Waals surface area contributed by atoms with Crippen LogP contribution >= 0.6 is 11.6 Å². The van der Waals surface area contributed by atoms with Gasteiger partial charge in [-0.25, -0.2) is 4.79 Å². The fraction of sp³-hybridized carbons (Fsp3) is 0. The van der Waals surface area contributed by atoms with Crippen molar-refractivity contribution in [3.05, 3.63) is 40.6 Å². The Morgan fingerprint density at radius 3 is 2.46 bits per heavy atom. The second-order valence-electron chi connectivity index (χ2n) is 2.36. The Kier molecular flexibility index (Phi) is 2.93. The van der Waals surface area contributed by atoms with Crippen molar-refractivity contribution < 1.29 is 15.0 Å². The van der Waals surface area contributed by atoms with Crippen molar-refractivity contribution in [1.82, 2.24) is 0 Å². The average molecular weight is 199 g/mol. The second kappa shape index (κ2) is 3.96. The molecule has 0 heterocycles. The Bertz CT molecular complexity index is 358. The van der Waals surface area contributed by atoms with E-state index in [2.05, 4.69) is 0 Å². The van der Waals surface area contributed by atoms with Crippen molar-refractivity contribution in [2.45, 2.75) is 0 Å². The lowest BCUT2D eigenvalue weighted by Gasteiger charge is -1.96. The van der Waals surface area contributed by atoms with Crippen LogP contribution < -0.4 is 0 Å². The van der Waals surface area contributed by atoms with Gasteiger partial charge in [-0.3, -0.25) is 0 Å². The van der Waals surface area contributed by atoms with Gasteiger partial charge in [0, 0.05) is 5.02 Å². The van der Waals surface area contributed by atoms with E-state index in [4.69, 9.17) is 21.8 Å². The smallest absolute Gasteiger partial charge is 0.370 e. The summed E-state index contributed by atoms with van der Waals surface area (Å²) in [5.74, 6) is -2.10. The van der Waals surface area contributed by atoms with Crippen LogP contribution in [0, 0.1) is 0 Å². The van der Waals surface area contributed by atoms with Crippen LogP contribution in [0.2, 0.25) is 5.02 Å². The van der Waals surface area contributed by atoms with Crippen molar-refractivity contribution in [1.29, 1.82) is 0 Å². The number of hydrogen-bond acceptors (Lipinski definition) is 2. The van der Waals surface area contributed by atoms with E-state index >= 15 is 0 Å². The van der Waals surface area contributed by atoms with Gasteiger partial charge in [0.05, 0.1) is 0 Å². The number of aliphatic hydroxyl groups excluding tert-OH is 1. The maximum absolute atomic E-state index is 10.3. The molecule has 0 atom stereocenters. The lowest BCUT2D eigenvalue weighted by Crippen LogP contribution is -1.98. The molecule has 0 amide bonds. The van der Waals surface area contributed by atoms with Crippen LogP contribution in [0.25, 0.3) is 6.08 Å². The molecule has 0 radical (unpaired) electrons. The number of aliphatic carboxylic acids is 1. The van der Waals surface area contributed by atoms with E-state index < -0.39 is 11.7 Å². The molecule has 4 heteroatoms. The lowest BCUT2D eigenvalue weighted by atomic mass is 10.2. The molecule has 2 N–H and O–H groups in total. The summed E-state index contributed by atoms with van der Waals surface area (Å²) in [6.45, 7) is 0. The third kappa shape index (κ3) is 2.49. The molecule has 13 heavy (non-hydrogen) atoms. The Balaban J connectivity index is 3.04. The summed E-state index contributed by atoms with van der Waals surface area (Å²) in [6.07, 6.45) is 1.10. The number of benzene rings is 1. The maximum atomic E-state index is 10.3. The van der Waals surface area contributed by atoms with E-state index in [-0.39, 0.29) is 0 Å². The minimum atomic E-state index is -1.38. The van der Waals surface area contributed by atoms with E-state index in [1.165, 1.54) is 0 Å². The summed E-state index contributed by atoms with van der Waals surface area (Å²) in [4.78, 5) is 10.3. The molecule has 0 aliphatic carbocycles. The number of carboxylic acid groups (broad SMARTS) is 1. The van der Waals surface area contributed by atoms with Crippen LogP contribution in [0.5, 0.6) is 0 Å². The average Bonchev–Trinajstić information content (AvgIpc) is 2.08. The Hall–Kier alpha value is -1.48. The van der Waals surface area contributed by atoms with Gasteiger partial charge >= 0.3 is 5.97 Å². The third-order valence-corrected chi connectivity index (χ3v) is 1.76. The predicted octanol–water partition coefficient (Wildman–Crippen LogP) is 2.32. The fourth-order valence-corrected chi connectivity index (χ4v) is 0.991. The van der Waals surface area contributed by atoms with E-state index in [0.29, 0.717) is 10.6 Å². The number of hydrogen-bond donors (Lipinski definition) is 2. The minimum Gasteiger partial charge on any atom is -0.502 e. The molecule has 0 aliphatic heterocycles. The van der Waals surface area contributed by atoms with Crippen LogP contribution in [0.3, 0.4) is 0 Å². The van der Waals surface area contributed by atoms with Gasteiger partial charge in [-0.15, -0.1) is 0 Å². The molecule has 0 bridgehead atoms. The van der Waals surface area contributed by atoms with Gasteiger partial charge < -0.3 is 10.2 Å². The monoisotopic (exact) mass is 198 g/mol. The van der Waals surface area contributed by atoms with Gasteiger partial charge in [-0.2, -0.15) is 0 Å². The zero-order valence-corrected chi connectivity index (χ0v) is 7.32. The first-order valence-electron chi connectivity index (χ1n) is 3.50. The molecular formula is C9H7ClO3. The molecule has 0 aliphatic rings. The molecule has 1 rings (SSSR count). The first-order valence-corrected chi connectivity index (χ1v) is 3.87. The maximum Gasteiger partial charge on any atom is 0.370 e. The summed E-state index contributed by atoms with van der Waals surface area (Å²) in [7, 11) is 0. The lowest BCUT2D eigenvalue weighted by molar-refractivity contribution is -0.135. The molecule has 1 aromatic rings. The van der Waals surface area contributed by atoms with Crippen LogP contribution in [-0.4, -0.2) is 16.2 Å². The molecule has 0 unspecified atom stereocenters. The largest absolute Gasteiger partial charge is 0.502 e. The predicted molar refractivity (Wildman–Crippen MR) is 49.7 cm³/mol. The third-order valence-electron chi connectivity index (χ3n) is 1.42. The van der Waals surface area contributed by atoms with Gasteiger partial charge in [0.1, 0.15) is 0 Å². The topological polar surface area (TPSA) is 57.5 Å². The number of carboxylic acids is 1. The summed E-state index contributed by atoms with van der Waals surface area (Å²) in [5, 5.41) is 17.7. The van der Waals surface area contributed by atoms with Crippen molar-refractivity contribution in [3.8, 4) is 0 Å². The second-order valence-corrected chi connectivity index (χ2v) is 2.76. The van der Waals surface area contributed by atoms with Crippen molar-refractivity contribution >= 4 is 23.6 Å². The Labute approximate surface area is 79.9 Å². The summed E-state index contributed by atoms with van der Waals surface area (Å²) >= 11 is 5.72. The van der Waals surface area contributed by atoms with E-state index in [9.17, 15) is 4.79 Å². The zero-order valence-electron chi connectivity index (χ0n) is 6.57. The highest BCUT2D eigenvalue weighted by Gasteiger charge is 2.04. The van der Waals surface area contributed by atoms with Crippen molar-refractivity contribution in [3.63, 3.8) is 0 Å². The SMILES string of the molecule is O=C(O)/C(O)=C/c1ccccc1Cl. The number of aliphatic hydroxyl groups is 1. The molecule has 0 spiro atoms. The van der Waals surface area contributed by atoms with Crippen molar-refractivity contribution in [2.24, 2.45) is 0 Å². The number of carbonyl (C=O) groups is 1. The highest BCUT2D eigenvalue weighted by atomic mass is 35.5. The van der Waals surface area contributed by atoms with Crippen LogP contribution in [0.15, 0.2) is 30.0 Å². The Morgan fingerprint density at radius 2 is 1.92 bits per heavy atom. The molecule has 1 aromatic carbocycles. The van der Waals surface area contributed by atoms with Crippen molar-refractivity contribution in [2.75, 3.05) is 0 Å². The summed E-state index contributed by atoms with van der Waals surface area (Å²) in [6, 6.07) is 6.65. The highest BCUT2D eigenvalue weighted by molar-refractivity contribution is 6.32. The normalized spacial score (nSPS) is 11.3. The van der Waals surface area contributed by atoms with Gasteiger partial charge in [-0.05, 0) is 17.7 Å². The van der Waals surface area contributed by atoms with Gasteiger partial charge in [0.25, 0.3) is 0 Å². The van der Waals surface area contributed by atoms with Crippen LogP contribution in [0.1, 0.15) is 5.56 Å². The first-order chi connectivity index (χ1) is 6.11.